The van der Waals surface area contributed by atoms with E-state index in [1.807, 2.05) is 13.8 Å². The molecule has 94 valence electrons. The van der Waals surface area contributed by atoms with E-state index >= 15 is 0 Å². The van der Waals surface area contributed by atoms with Crippen LogP contribution in [0.3, 0.4) is 0 Å². The standard InChI is InChI=1S/C13H13FN2OS/c1-7-3-4-9(14)11(5-7)16-13(17)12-6-10(15)8(2)18-12/h3-6H,15H2,1-2H3,(H,16,17). The molecule has 0 aliphatic heterocycles. The van der Waals surface area contributed by atoms with E-state index in [0.29, 0.717) is 10.6 Å². The summed E-state index contributed by atoms with van der Waals surface area (Å²) in [5.74, 6) is -0.792. The van der Waals surface area contributed by atoms with Crippen molar-refractivity contribution in [1.82, 2.24) is 0 Å². The van der Waals surface area contributed by atoms with E-state index in [-0.39, 0.29) is 11.6 Å². The van der Waals surface area contributed by atoms with Gasteiger partial charge < -0.3 is 11.1 Å². The Hall–Kier alpha value is -1.88. The summed E-state index contributed by atoms with van der Waals surface area (Å²) in [4.78, 5) is 13.3. The van der Waals surface area contributed by atoms with Crippen molar-refractivity contribution in [2.75, 3.05) is 11.1 Å². The number of benzene rings is 1. The van der Waals surface area contributed by atoms with Gasteiger partial charge in [0.2, 0.25) is 0 Å². The molecule has 0 spiro atoms. The maximum absolute atomic E-state index is 13.5. The van der Waals surface area contributed by atoms with Gasteiger partial charge in [0.1, 0.15) is 5.82 Å². The number of nitrogen functional groups attached to an aromatic ring is 1. The van der Waals surface area contributed by atoms with E-state index in [4.69, 9.17) is 5.73 Å². The molecule has 0 saturated heterocycles. The van der Waals surface area contributed by atoms with Gasteiger partial charge in [0, 0.05) is 10.6 Å². The van der Waals surface area contributed by atoms with Crippen LogP contribution in [0.2, 0.25) is 0 Å². The third kappa shape index (κ3) is 2.51. The Morgan fingerprint density at radius 2 is 2.06 bits per heavy atom. The summed E-state index contributed by atoms with van der Waals surface area (Å²) in [6.07, 6.45) is 0. The van der Waals surface area contributed by atoms with Crippen molar-refractivity contribution in [3.63, 3.8) is 0 Å². The minimum Gasteiger partial charge on any atom is -0.398 e. The summed E-state index contributed by atoms with van der Waals surface area (Å²) in [7, 11) is 0. The minimum atomic E-state index is -0.449. The number of carbonyl (C=O) groups is 1. The second kappa shape index (κ2) is 4.78. The Labute approximate surface area is 108 Å². The van der Waals surface area contributed by atoms with E-state index in [1.54, 1.807) is 18.2 Å². The highest BCUT2D eigenvalue weighted by Gasteiger charge is 2.13. The van der Waals surface area contributed by atoms with Crippen molar-refractivity contribution >= 4 is 28.6 Å². The van der Waals surface area contributed by atoms with Crippen LogP contribution in [0.25, 0.3) is 0 Å². The number of anilines is 2. The maximum Gasteiger partial charge on any atom is 0.265 e. The summed E-state index contributed by atoms with van der Waals surface area (Å²) in [6, 6.07) is 6.18. The van der Waals surface area contributed by atoms with Crippen molar-refractivity contribution in [1.29, 1.82) is 0 Å². The molecular weight excluding hydrogens is 251 g/mol. The highest BCUT2D eigenvalue weighted by atomic mass is 32.1. The van der Waals surface area contributed by atoms with Crippen molar-refractivity contribution < 1.29 is 9.18 Å². The lowest BCUT2D eigenvalue weighted by Crippen LogP contribution is -2.11. The molecule has 1 heterocycles. The molecule has 18 heavy (non-hydrogen) atoms. The van der Waals surface area contributed by atoms with Gasteiger partial charge in [0.25, 0.3) is 5.91 Å². The molecule has 3 nitrogen and oxygen atoms in total. The lowest BCUT2D eigenvalue weighted by Gasteiger charge is -2.05. The summed E-state index contributed by atoms with van der Waals surface area (Å²) >= 11 is 1.29. The summed E-state index contributed by atoms with van der Waals surface area (Å²) < 4.78 is 13.5. The van der Waals surface area contributed by atoms with Crippen LogP contribution < -0.4 is 11.1 Å². The van der Waals surface area contributed by atoms with E-state index in [2.05, 4.69) is 5.32 Å². The van der Waals surface area contributed by atoms with Crippen LogP contribution in [0.4, 0.5) is 15.8 Å². The number of thiophene rings is 1. The van der Waals surface area contributed by atoms with Gasteiger partial charge >= 0.3 is 0 Å². The second-order valence-corrected chi connectivity index (χ2v) is 5.32. The number of carbonyl (C=O) groups excluding carboxylic acids is 1. The zero-order valence-corrected chi connectivity index (χ0v) is 10.9. The quantitative estimate of drug-likeness (QED) is 0.874. The van der Waals surface area contributed by atoms with Crippen molar-refractivity contribution in [2.24, 2.45) is 0 Å². The van der Waals surface area contributed by atoms with Gasteiger partial charge in [0.05, 0.1) is 10.6 Å². The van der Waals surface area contributed by atoms with Gasteiger partial charge in [-0.05, 0) is 37.6 Å². The van der Waals surface area contributed by atoms with Gasteiger partial charge in [-0.2, -0.15) is 0 Å². The first-order valence-electron chi connectivity index (χ1n) is 5.41. The van der Waals surface area contributed by atoms with Crippen LogP contribution in [0.15, 0.2) is 24.3 Å². The third-order valence-corrected chi connectivity index (χ3v) is 3.62. The molecule has 0 radical (unpaired) electrons. The van der Waals surface area contributed by atoms with Crippen LogP contribution in [0, 0.1) is 19.7 Å². The molecule has 0 unspecified atom stereocenters. The fraction of sp³-hybridized carbons (Fsp3) is 0.154. The molecule has 0 saturated carbocycles. The number of nitrogens with two attached hydrogens (primary N) is 1. The highest BCUT2D eigenvalue weighted by molar-refractivity contribution is 7.14. The fourth-order valence-corrected chi connectivity index (χ4v) is 2.36. The lowest BCUT2D eigenvalue weighted by molar-refractivity contribution is 0.103. The van der Waals surface area contributed by atoms with Crippen LogP contribution >= 0.6 is 11.3 Å². The van der Waals surface area contributed by atoms with Crippen molar-refractivity contribution in [2.45, 2.75) is 13.8 Å². The van der Waals surface area contributed by atoms with E-state index in [9.17, 15) is 9.18 Å². The Bertz CT molecular complexity index is 588. The van der Waals surface area contributed by atoms with Gasteiger partial charge in [-0.15, -0.1) is 11.3 Å². The molecule has 0 atom stereocenters. The summed E-state index contributed by atoms with van der Waals surface area (Å²) in [5.41, 5.74) is 7.33. The average Bonchev–Trinajstić information content (AvgIpc) is 2.64. The predicted molar refractivity (Wildman–Crippen MR) is 72.6 cm³/mol. The maximum atomic E-state index is 13.5. The number of rotatable bonds is 2. The minimum absolute atomic E-state index is 0.185. The first-order chi connectivity index (χ1) is 8.47. The number of aryl methyl sites for hydroxylation is 2. The number of halogens is 1. The van der Waals surface area contributed by atoms with Crippen LogP contribution in [-0.4, -0.2) is 5.91 Å². The normalized spacial score (nSPS) is 10.4. The molecule has 3 N–H and O–H groups in total. The van der Waals surface area contributed by atoms with Gasteiger partial charge in [-0.1, -0.05) is 6.07 Å². The molecule has 1 amide bonds. The molecule has 0 aliphatic carbocycles. The largest absolute Gasteiger partial charge is 0.398 e. The van der Waals surface area contributed by atoms with Gasteiger partial charge in [0.15, 0.2) is 0 Å². The molecule has 5 heteroatoms. The highest BCUT2D eigenvalue weighted by Crippen LogP contribution is 2.25. The predicted octanol–water partition coefficient (Wildman–Crippen LogP) is 3.34. The number of hydrogen-bond donors (Lipinski definition) is 2. The Kier molecular flexibility index (Phi) is 3.34. The Balaban J connectivity index is 2.23. The van der Waals surface area contributed by atoms with Crippen LogP contribution in [0.5, 0.6) is 0 Å². The molecule has 2 rings (SSSR count). The molecule has 2 aromatic rings. The van der Waals surface area contributed by atoms with Crippen molar-refractivity contribution in [3.05, 3.63) is 45.4 Å². The zero-order valence-electron chi connectivity index (χ0n) is 10.1. The topological polar surface area (TPSA) is 55.1 Å². The van der Waals surface area contributed by atoms with Crippen LogP contribution in [0.1, 0.15) is 20.1 Å². The second-order valence-electron chi connectivity index (χ2n) is 4.06. The molecule has 1 aromatic heterocycles. The molecule has 0 fully saturated rings. The average molecular weight is 264 g/mol. The monoisotopic (exact) mass is 264 g/mol. The number of nitrogens with one attached hydrogen (secondary N) is 1. The first kappa shape index (κ1) is 12.6. The van der Waals surface area contributed by atoms with E-state index in [0.717, 1.165) is 10.4 Å². The van der Waals surface area contributed by atoms with Gasteiger partial charge in [-0.25, -0.2) is 4.39 Å². The smallest absolute Gasteiger partial charge is 0.265 e. The van der Waals surface area contributed by atoms with Crippen LogP contribution in [-0.2, 0) is 0 Å². The van der Waals surface area contributed by atoms with E-state index in [1.165, 1.54) is 17.4 Å². The lowest BCUT2D eigenvalue weighted by atomic mass is 10.2. The number of hydrogen-bond acceptors (Lipinski definition) is 3. The molecule has 0 aliphatic rings. The number of amides is 1. The molecule has 1 aromatic carbocycles. The Morgan fingerprint density at radius 3 is 2.67 bits per heavy atom. The fourth-order valence-electron chi connectivity index (χ4n) is 1.53. The SMILES string of the molecule is Cc1ccc(F)c(NC(=O)c2cc(N)c(C)s2)c1. The first-order valence-corrected chi connectivity index (χ1v) is 6.22. The summed E-state index contributed by atoms with van der Waals surface area (Å²) in [5, 5.41) is 2.55. The summed E-state index contributed by atoms with van der Waals surface area (Å²) in [6.45, 7) is 3.67. The van der Waals surface area contributed by atoms with Gasteiger partial charge in [-0.3, -0.25) is 4.79 Å². The van der Waals surface area contributed by atoms with E-state index < -0.39 is 5.82 Å². The van der Waals surface area contributed by atoms with Crippen molar-refractivity contribution in [3.8, 4) is 0 Å². The zero-order chi connectivity index (χ0) is 13.3. The molecule has 0 bridgehead atoms. The third-order valence-electron chi connectivity index (χ3n) is 2.55. The Morgan fingerprint density at radius 1 is 1.33 bits per heavy atom. The molecular formula is C13H13FN2OS.